The highest BCUT2D eigenvalue weighted by Crippen LogP contribution is 2.27. The number of nitrogens with two attached hydrogens (primary N) is 1. The molecule has 0 aliphatic heterocycles. The average Bonchev–Trinajstić information content (AvgIpc) is 2.24. The van der Waals surface area contributed by atoms with E-state index in [-0.39, 0.29) is 0 Å². The first-order valence-electron chi connectivity index (χ1n) is 5.69. The standard InChI is InChI=1S/C14H21NS/c1-5-14(12(4)15)16-9-13-8-6-7-10(2)11(13)3/h6-8H,5,9,15H2,1-4H3/b14-12-. The fourth-order valence-corrected chi connectivity index (χ4v) is 2.70. The normalized spacial score (nSPS) is 12.5. The van der Waals surface area contributed by atoms with Crippen LogP contribution in [0.4, 0.5) is 0 Å². The van der Waals surface area contributed by atoms with Crippen LogP contribution in [0.1, 0.15) is 37.0 Å². The summed E-state index contributed by atoms with van der Waals surface area (Å²) < 4.78 is 0. The summed E-state index contributed by atoms with van der Waals surface area (Å²) in [5.74, 6) is 1.02. The van der Waals surface area contributed by atoms with Crippen LogP contribution in [0, 0.1) is 13.8 Å². The van der Waals surface area contributed by atoms with Gasteiger partial charge < -0.3 is 5.73 Å². The SMILES string of the molecule is CC/C(SCc1cccc(C)c1C)=C(\C)N. The van der Waals surface area contributed by atoms with Crippen molar-refractivity contribution in [2.45, 2.75) is 39.9 Å². The lowest BCUT2D eigenvalue weighted by molar-refractivity contribution is 1.13. The van der Waals surface area contributed by atoms with Gasteiger partial charge in [-0.15, -0.1) is 11.8 Å². The Labute approximate surface area is 103 Å². The summed E-state index contributed by atoms with van der Waals surface area (Å²) in [5, 5.41) is 0. The van der Waals surface area contributed by atoms with Gasteiger partial charge >= 0.3 is 0 Å². The van der Waals surface area contributed by atoms with Crippen LogP contribution in [0.15, 0.2) is 28.8 Å². The molecule has 0 unspecified atom stereocenters. The Morgan fingerprint density at radius 2 is 2.00 bits per heavy atom. The molecular formula is C14H21NS. The lowest BCUT2D eigenvalue weighted by Gasteiger charge is -2.10. The van der Waals surface area contributed by atoms with E-state index in [1.807, 2.05) is 18.7 Å². The van der Waals surface area contributed by atoms with Crippen LogP contribution in [-0.4, -0.2) is 0 Å². The first-order chi connectivity index (χ1) is 7.56. The summed E-state index contributed by atoms with van der Waals surface area (Å²) in [5.41, 5.74) is 11.0. The van der Waals surface area contributed by atoms with Crippen molar-refractivity contribution in [1.82, 2.24) is 0 Å². The van der Waals surface area contributed by atoms with E-state index in [1.165, 1.54) is 21.6 Å². The Hall–Kier alpha value is -0.890. The van der Waals surface area contributed by atoms with Crippen molar-refractivity contribution in [2.24, 2.45) is 5.73 Å². The third kappa shape index (κ3) is 3.31. The molecule has 0 spiro atoms. The summed E-state index contributed by atoms with van der Waals surface area (Å²) in [6.45, 7) is 8.49. The van der Waals surface area contributed by atoms with Crippen molar-refractivity contribution < 1.29 is 0 Å². The highest BCUT2D eigenvalue weighted by molar-refractivity contribution is 8.02. The van der Waals surface area contributed by atoms with Crippen LogP contribution < -0.4 is 5.73 Å². The molecule has 16 heavy (non-hydrogen) atoms. The molecule has 0 saturated heterocycles. The summed E-state index contributed by atoms with van der Waals surface area (Å²) in [6.07, 6.45) is 1.03. The Kier molecular flexibility index (Phi) is 4.94. The molecule has 0 fully saturated rings. The van der Waals surface area contributed by atoms with Crippen molar-refractivity contribution >= 4 is 11.8 Å². The summed E-state index contributed by atoms with van der Waals surface area (Å²) >= 11 is 1.86. The minimum Gasteiger partial charge on any atom is -0.402 e. The molecular weight excluding hydrogens is 214 g/mol. The van der Waals surface area contributed by atoms with Crippen molar-refractivity contribution in [1.29, 1.82) is 0 Å². The van der Waals surface area contributed by atoms with E-state index in [0.29, 0.717) is 0 Å². The number of hydrogen-bond donors (Lipinski definition) is 1. The second-order valence-electron chi connectivity index (χ2n) is 4.11. The van der Waals surface area contributed by atoms with Gasteiger partial charge in [-0.3, -0.25) is 0 Å². The van der Waals surface area contributed by atoms with Crippen LogP contribution in [0.25, 0.3) is 0 Å². The Morgan fingerprint density at radius 3 is 2.56 bits per heavy atom. The van der Waals surface area contributed by atoms with Crippen molar-refractivity contribution in [3.05, 3.63) is 45.5 Å². The van der Waals surface area contributed by atoms with Gasteiger partial charge in [0.15, 0.2) is 0 Å². The molecule has 1 rings (SSSR count). The monoisotopic (exact) mass is 235 g/mol. The third-order valence-corrected chi connectivity index (χ3v) is 4.29. The molecule has 2 heteroatoms. The predicted octanol–water partition coefficient (Wildman–Crippen LogP) is 4.14. The van der Waals surface area contributed by atoms with Gasteiger partial charge in [0, 0.05) is 16.4 Å². The fraction of sp³-hybridized carbons (Fsp3) is 0.429. The second kappa shape index (κ2) is 6.00. The van der Waals surface area contributed by atoms with E-state index in [2.05, 4.69) is 39.0 Å². The highest BCUT2D eigenvalue weighted by Gasteiger charge is 2.03. The molecule has 0 bridgehead atoms. The fourth-order valence-electron chi connectivity index (χ4n) is 1.63. The molecule has 1 nitrogen and oxygen atoms in total. The van der Waals surface area contributed by atoms with Gasteiger partial charge in [0.2, 0.25) is 0 Å². The number of hydrogen-bond acceptors (Lipinski definition) is 2. The number of aryl methyl sites for hydroxylation is 1. The third-order valence-electron chi connectivity index (χ3n) is 2.88. The van der Waals surface area contributed by atoms with Gasteiger partial charge in [-0.05, 0) is 43.9 Å². The highest BCUT2D eigenvalue weighted by atomic mass is 32.2. The average molecular weight is 235 g/mol. The quantitative estimate of drug-likeness (QED) is 0.849. The lowest BCUT2D eigenvalue weighted by atomic mass is 10.1. The molecule has 1 aromatic rings. The number of rotatable bonds is 4. The Balaban J connectivity index is 2.75. The molecule has 88 valence electrons. The zero-order valence-electron chi connectivity index (χ0n) is 10.6. The van der Waals surface area contributed by atoms with Gasteiger partial charge in [-0.2, -0.15) is 0 Å². The lowest BCUT2D eigenvalue weighted by Crippen LogP contribution is -1.96. The zero-order chi connectivity index (χ0) is 12.1. The second-order valence-corrected chi connectivity index (χ2v) is 5.18. The maximum absolute atomic E-state index is 5.84. The minimum absolute atomic E-state index is 0.956. The minimum atomic E-state index is 0.956. The molecule has 2 N–H and O–H groups in total. The molecule has 0 heterocycles. The summed E-state index contributed by atoms with van der Waals surface area (Å²) in [6, 6.07) is 6.49. The van der Waals surface area contributed by atoms with Crippen LogP contribution in [0.3, 0.4) is 0 Å². The van der Waals surface area contributed by atoms with Crippen LogP contribution >= 0.6 is 11.8 Å². The Morgan fingerprint density at radius 1 is 1.31 bits per heavy atom. The summed E-state index contributed by atoms with van der Waals surface area (Å²) in [4.78, 5) is 1.31. The smallest absolute Gasteiger partial charge is 0.0232 e. The number of allylic oxidation sites excluding steroid dienone is 2. The Bertz CT molecular complexity index is 390. The topological polar surface area (TPSA) is 26.0 Å². The van der Waals surface area contributed by atoms with Crippen molar-refractivity contribution in [2.75, 3.05) is 0 Å². The first-order valence-corrected chi connectivity index (χ1v) is 6.68. The van der Waals surface area contributed by atoms with Crippen LogP contribution in [0.2, 0.25) is 0 Å². The molecule has 0 radical (unpaired) electrons. The van der Waals surface area contributed by atoms with E-state index in [4.69, 9.17) is 5.73 Å². The van der Waals surface area contributed by atoms with E-state index in [1.54, 1.807) is 0 Å². The van der Waals surface area contributed by atoms with Gasteiger partial charge in [-0.1, -0.05) is 25.1 Å². The zero-order valence-corrected chi connectivity index (χ0v) is 11.4. The van der Waals surface area contributed by atoms with E-state index in [9.17, 15) is 0 Å². The molecule has 0 aliphatic carbocycles. The number of thioether (sulfide) groups is 1. The maximum Gasteiger partial charge on any atom is 0.0232 e. The van der Waals surface area contributed by atoms with Gasteiger partial charge in [0.25, 0.3) is 0 Å². The van der Waals surface area contributed by atoms with E-state index >= 15 is 0 Å². The maximum atomic E-state index is 5.84. The molecule has 0 saturated carbocycles. The van der Waals surface area contributed by atoms with Gasteiger partial charge in [0.05, 0.1) is 0 Å². The molecule has 0 atom stereocenters. The van der Waals surface area contributed by atoms with Crippen LogP contribution in [-0.2, 0) is 5.75 Å². The number of benzene rings is 1. The summed E-state index contributed by atoms with van der Waals surface area (Å²) in [7, 11) is 0. The van der Waals surface area contributed by atoms with Crippen LogP contribution in [0.5, 0.6) is 0 Å². The molecule has 0 aliphatic rings. The van der Waals surface area contributed by atoms with Crippen molar-refractivity contribution in [3.63, 3.8) is 0 Å². The molecule has 1 aromatic carbocycles. The van der Waals surface area contributed by atoms with Gasteiger partial charge in [0.1, 0.15) is 0 Å². The van der Waals surface area contributed by atoms with Crippen molar-refractivity contribution in [3.8, 4) is 0 Å². The molecule has 0 amide bonds. The first kappa shape index (κ1) is 13.2. The largest absolute Gasteiger partial charge is 0.402 e. The van der Waals surface area contributed by atoms with E-state index < -0.39 is 0 Å². The molecule has 0 aromatic heterocycles. The predicted molar refractivity (Wildman–Crippen MR) is 74.4 cm³/mol. The van der Waals surface area contributed by atoms with E-state index in [0.717, 1.165) is 17.9 Å². The van der Waals surface area contributed by atoms with Gasteiger partial charge in [-0.25, -0.2) is 0 Å².